The summed E-state index contributed by atoms with van der Waals surface area (Å²) in [5, 5.41) is 4.27. The van der Waals surface area contributed by atoms with E-state index >= 15 is 0 Å². The Labute approximate surface area is 138 Å². The van der Waals surface area contributed by atoms with Crippen LogP contribution in [0.25, 0.3) is 0 Å². The van der Waals surface area contributed by atoms with Crippen LogP contribution in [0.2, 0.25) is 5.15 Å². The summed E-state index contributed by atoms with van der Waals surface area (Å²) in [6.45, 7) is -0.0123. The quantitative estimate of drug-likeness (QED) is 0.276. The van der Waals surface area contributed by atoms with E-state index in [1.165, 1.54) is 7.11 Å². The number of rotatable bonds is 6. The monoisotopic (exact) mass is 334 g/mol. The van der Waals surface area contributed by atoms with Crippen molar-refractivity contribution in [2.45, 2.75) is 0 Å². The minimum atomic E-state index is -0.489. The minimum absolute atomic E-state index is 0.0123. The van der Waals surface area contributed by atoms with Gasteiger partial charge in [0.1, 0.15) is 28.9 Å². The molecule has 0 unspecified atom stereocenters. The van der Waals surface area contributed by atoms with Crippen molar-refractivity contribution in [3.63, 3.8) is 0 Å². The number of anilines is 1. The van der Waals surface area contributed by atoms with Gasteiger partial charge in [0, 0.05) is 0 Å². The number of aromatic nitrogens is 1. The van der Waals surface area contributed by atoms with Crippen molar-refractivity contribution in [2.75, 3.05) is 19.1 Å². The molecule has 23 heavy (non-hydrogen) atoms. The number of carbonyl (C=O) groups excluding carboxylic acids is 1. The third-order valence-electron chi connectivity index (χ3n) is 2.70. The Morgan fingerprint density at radius 3 is 2.83 bits per heavy atom. The van der Waals surface area contributed by atoms with E-state index in [2.05, 4.69) is 20.2 Å². The number of carbonyl (C=O) groups is 1. The van der Waals surface area contributed by atoms with Gasteiger partial charge in [-0.2, -0.15) is 5.10 Å². The third-order valence-corrected chi connectivity index (χ3v) is 2.91. The van der Waals surface area contributed by atoms with E-state index < -0.39 is 5.97 Å². The predicted octanol–water partition coefficient (Wildman–Crippen LogP) is 2.28. The fourth-order valence-corrected chi connectivity index (χ4v) is 1.82. The Bertz CT molecular complexity index is 721. The van der Waals surface area contributed by atoms with Crippen LogP contribution in [0.5, 0.6) is 5.75 Å². The topological polar surface area (TPSA) is 98.8 Å². The summed E-state index contributed by atoms with van der Waals surface area (Å²) in [6.07, 6.45) is 0. The van der Waals surface area contributed by atoms with Crippen LogP contribution in [0.1, 0.15) is 10.4 Å². The van der Waals surface area contributed by atoms with Crippen molar-refractivity contribution in [2.24, 2.45) is 10.8 Å². The molecule has 0 spiro atoms. The summed E-state index contributed by atoms with van der Waals surface area (Å²) in [7, 11) is 1.30. The number of hydrazone groups is 1. The van der Waals surface area contributed by atoms with Gasteiger partial charge < -0.3 is 15.2 Å². The fraction of sp³-hybridized carbons (Fsp3) is 0.133. The molecule has 0 aliphatic carbocycles. The van der Waals surface area contributed by atoms with Crippen LogP contribution in [0.4, 0.5) is 5.82 Å². The highest BCUT2D eigenvalue weighted by Crippen LogP contribution is 2.18. The number of methoxy groups -OCH3 is 1. The van der Waals surface area contributed by atoms with Crippen LogP contribution in [-0.4, -0.2) is 30.5 Å². The average molecular weight is 335 g/mol. The first-order chi connectivity index (χ1) is 11.1. The fourth-order valence-electron chi connectivity index (χ4n) is 1.65. The number of benzene rings is 1. The lowest BCUT2D eigenvalue weighted by Gasteiger charge is -2.09. The molecule has 0 saturated heterocycles. The highest BCUT2D eigenvalue weighted by molar-refractivity contribution is 6.29. The van der Waals surface area contributed by atoms with Crippen molar-refractivity contribution in [1.82, 2.24) is 4.98 Å². The van der Waals surface area contributed by atoms with Gasteiger partial charge in [-0.25, -0.2) is 9.78 Å². The van der Waals surface area contributed by atoms with Crippen LogP contribution in [0.3, 0.4) is 0 Å². The second kappa shape index (κ2) is 8.00. The molecule has 0 radical (unpaired) electrons. The molecule has 0 aliphatic rings. The predicted molar refractivity (Wildman–Crippen MR) is 87.8 cm³/mol. The van der Waals surface area contributed by atoms with Crippen molar-refractivity contribution >= 4 is 29.2 Å². The highest BCUT2D eigenvalue weighted by atomic mass is 35.5. The summed E-state index contributed by atoms with van der Waals surface area (Å²) in [5.74, 6) is 0.498. The number of hydrogen-bond acceptors (Lipinski definition) is 6. The Morgan fingerprint density at radius 1 is 1.30 bits per heavy atom. The molecule has 8 heteroatoms. The van der Waals surface area contributed by atoms with E-state index in [4.69, 9.17) is 22.1 Å². The van der Waals surface area contributed by atoms with Crippen LogP contribution in [0.15, 0.2) is 47.6 Å². The number of nitrogens with two attached hydrogens (primary N) is 1. The van der Waals surface area contributed by atoms with E-state index in [9.17, 15) is 4.79 Å². The van der Waals surface area contributed by atoms with E-state index in [1.807, 2.05) is 0 Å². The molecule has 2 aromatic rings. The molecule has 0 fully saturated rings. The second-order valence-electron chi connectivity index (χ2n) is 4.34. The summed E-state index contributed by atoms with van der Waals surface area (Å²) in [5.41, 5.74) is 8.73. The normalized spacial score (nSPS) is 11.0. The van der Waals surface area contributed by atoms with E-state index in [-0.39, 0.29) is 12.4 Å². The number of nitrogens with zero attached hydrogens (tertiary/aromatic N) is 2. The number of ether oxygens (including phenoxy) is 2. The first kappa shape index (κ1) is 16.6. The molecule has 0 bridgehead atoms. The molecule has 3 N–H and O–H groups in total. The number of amidine groups is 1. The lowest BCUT2D eigenvalue weighted by atomic mass is 10.2. The SMILES string of the molecule is COC(=O)c1ccccc1OC/C(N)=N\Nc1cccc(Cl)n1. The average Bonchev–Trinajstić information content (AvgIpc) is 2.57. The molecular formula is C15H15ClN4O3. The van der Waals surface area contributed by atoms with Crippen molar-refractivity contribution in [1.29, 1.82) is 0 Å². The van der Waals surface area contributed by atoms with Crippen LogP contribution < -0.4 is 15.9 Å². The molecule has 0 aliphatic heterocycles. The molecule has 2 rings (SSSR count). The number of halogens is 1. The highest BCUT2D eigenvalue weighted by Gasteiger charge is 2.12. The summed E-state index contributed by atoms with van der Waals surface area (Å²) >= 11 is 5.76. The number of nitrogens with one attached hydrogen (secondary N) is 1. The molecule has 0 saturated carbocycles. The Hall–Kier alpha value is -2.80. The maximum absolute atomic E-state index is 11.6. The van der Waals surface area contributed by atoms with Gasteiger partial charge in [0.15, 0.2) is 5.84 Å². The van der Waals surface area contributed by atoms with Crippen LogP contribution in [-0.2, 0) is 4.74 Å². The van der Waals surface area contributed by atoms with Crippen molar-refractivity contribution in [3.05, 3.63) is 53.2 Å². The zero-order valence-corrected chi connectivity index (χ0v) is 13.1. The first-order valence-electron chi connectivity index (χ1n) is 6.61. The van der Waals surface area contributed by atoms with E-state index in [1.54, 1.807) is 42.5 Å². The van der Waals surface area contributed by atoms with E-state index in [0.717, 1.165) is 0 Å². The standard InChI is InChI=1S/C15H15ClN4O3/c1-22-15(21)10-5-2-3-6-11(10)23-9-13(17)19-20-14-8-4-7-12(16)18-14/h2-8H,9H2,1H3,(H2,17,19)(H,18,20). The third kappa shape index (κ3) is 4.86. The Balaban J connectivity index is 1.98. The summed E-state index contributed by atoms with van der Waals surface area (Å²) in [4.78, 5) is 15.6. The summed E-state index contributed by atoms with van der Waals surface area (Å²) in [6, 6.07) is 11.8. The van der Waals surface area contributed by atoms with Crippen LogP contribution in [0, 0.1) is 0 Å². The van der Waals surface area contributed by atoms with Gasteiger partial charge in [-0.05, 0) is 24.3 Å². The Morgan fingerprint density at radius 2 is 2.09 bits per heavy atom. The first-order valence-corrected chi connectivity index (χ1v) is 6.98. The van der Waals surface area contributed by atoms with Gasteiger partial charge in [0.25, 0.3) is 0 Å². The van der Waals surface area contributed by atoms with Gasteiger partial charge in [0.2, 0.25) is 0 Å². The van der Waals surface area contributed by atoms with Crippen LogP contribution >= 0.6 is 11.6 Å². The molecule has 1 heterocycles. The van der Waals surface area contributed by atoms with Gasteiger partial charge in [-0.1, -0.05) is 29.8 Å². The smallest absolute Gasteiger partial charge is 0.341 e. The molecule has 1 aromatic carbocycles. The zero-order chi connectivity index (χ0) is 16.7. The number of hydrogen-bond donors (Lipinski definition) is 2. The van der Waals surface area contributed by atoms with Gasteiger partial charge in [-0.3, -0.25) is 5.43 Å². The van der Waals surface area contributed by atoms with Crippen molar-refractivity contribution < 1.29 is 14.3 Å². The van der Waals surface area contributed by atoms with Gasteiger partial charge >= 0.3 is 5.97 Å². The number of pyridine rings is 1. The maximum atomic E-state index is 11.6. The van der Waals surface area contributed by atoms with Crippen molar-refractivity contribution in [3.8, 4) is 5.75 Å². The zero-order valence-electron chi connectivity index (χ0n) is 12.3. The molecule has 120 valence electrons. The number of esters is 1. The molecule has 7 nitrogen and oxygen atoms in total. The number of para-hydroxylation sites is 1. The second-order valence-corrected chi connectivity index (χ2v) is 4.72. The largest absolute Gasteiger partial charge is 0.485 e. The molecule has 0 amide bonds. The minimum Gasteiger partial charge on any atom is -0.485 e. The molecule has 1 aromatic heterocycles. The van der Waals surface area contributed by atoms with Gasteiger partial charge in [-0.15, -0.1) is 0 Å². The van der Waals surface area contributed by atoms with Gasteiger partial charge in [0.05, 0.1) is 7.11 Å². The Kier molecular flexibility index (Phi) is 5.76. The molecule has 0 atom stereocenters. The molecular weight excluding hydrogens is 320 g/mol. The summed E-state index contributed by atoms with van der Waals surface area (Å²) < 4.78 is 10.2. The maximum Gasteiger partial charge on any atom is 0.341 e. The van der Waals surface area contributed by atoms with E-state index in [0.29, 0.717) is 22.3 Å². The lowest BCUT2D eigenvalue weighted by molar-refractivity contribution is 0.0596. The lowest BCUT2D eigenvalue weighted by Crippen LogP contribution is -2.23.